The molecular formula is C30H49BrN2O3. The highest BCUT2D eigenvalue weighted by Crippen LogP contribution is 2.21. The number of halogens is 1. The lowest BCUT2D eigenvalue weighted by molar-refractivity contribution is -0.944. The molecule has 0 spiro atoms. The highest BCUT2D eigenvalue weighted by atomic mass is 79.9. The summed E-state index contributed by atoms with van der Waals surface area (Å²) in [4.78, 5) is 25.5. The van der Waals surface area contributed by atoms with Crippen molar-refractivity contribution in [3.8, 4) is 0 Å². The van der Waals surface area contributed by atoms with E-state index in [0.717, 1.165) is 75.7 Å². The van der Waals surface area contributed by atoms with E-state index in [1.54, 1.807) is 6.08 Å². The van der Waals surface area contributed by atoms with Crippen molar-refractivity contribution in [3.63, 3.8) is 0 Å². The summed E-state index contributed by atoms with van der Waals surface area (Å²) >= 11 is 0. The Balaban J connectivity index is 0.00000648. The molecule has 5 nitrogen and oxygen atoms in total. The minimum atomic E-state index is -0.198. The number of nitrogens with zero attached hydrogens (tertiary/aromatic N) is 2. The van der Waals surface area contributed by atoms with Gasteiger partial charge in [0.05, 0.1) is 39.3 Å². The molecule has 36 heavy (non-hydrogen) atoms. The average Bonchev–Trinajstić information content (AvgIpc) is 2.85. The number of piperazine rings is 1. The standard InChI is InChI=1S/C30H49N2O3.BrH/c1-4-5-6-13-22-32(26-29-18-16-27(2)17-19-29)23-20-31(21-24-32)30(34)15-12-10-8-7-9-11-14-25-35-28(3)33;/h12,15-19H,4-11,13-14,20-26H2,1-3H3;1H/q+1;/p-1/b15-12+;. The molecular weight excluding hydrogens is 516 g/mol. The van der Waals surface area contributed by atoms with Crippen LogP contribution in [0.1, 0.15) is 89.2 Å². The summed E-state index contributed by atoms with van der Waals surface area (Å²) in [6, 6.07) is 9.00. The predicted octanol–water partition coefficient (Wildman–Crippen LogP) is 3.20. The molecule has 204 valence electrons. The third-order valence-corrected chi connectivity index (χ3v) is 7.21. The van der Waals surface area contributed by atoms with Crippen LogP contribution in [0.15, 0.2) is 36.4 Å². The maximum absolute atomic E-state index is 12.8. The number of quaternary nitrogens is 1. The van der Waals surface area contributed by atoms with Gasteiger partial charge in [-0.15, -0.1) is 0 Å². The first-order chi connectivity index (χ1) is 16.9. The van der Waals surface area contributed by atoms with Gasteiger partial charge in [-0.3, -0.25) is 9.59 Å². The van der Waals surface area contributed by atoms with Gasteiger partial charge in [0.1, 0.15) is 6.54 Å². The van der Waals surface area contributed by atoms with Gasteiger partial charge in [0.2, 0.25) is 5.91 Å². The Labute approximate surface area is 230 Å². The summed E-state index contributed by atoms with van der Waals surface area (Å²) in [5, 5.41) is 0. The van der Waals surface area contributed by atoms with Crippen molar-refractivity contribution in [1.29, 1.82) is 0 Å². The molecule has 0 saturated carbocycles. The second-order valence-corrected chi connectivity index (χ2v) is 10.3. The fraction of sp³-hybridized carbons (Fsp3) is 0.667. The zero-order valence-corrected chi connectivity index (χ0v) is 24.6. The molecule has 1 saturated heterocycles. The monoisotopic (exact) mass is 564 g/mol. The molecule has 1 aliphatic rings. The van der Waals surface area contributed by atoms with Crippen LogP contribution >= 0.6 is 0 Å². The van der Waals surface area contributed by atoms with Gasteiger partial charge in [0.15, 0.2) is 0 Å². The first-order valence-corrected chi connectivity index (χ1v) is 13.9. The molecule has 0 atom stereocenters. The lowest BCUT2D eigenvalue weighted by Gasteiger charge is -2.45. The second kappa shape index (κ2) is 18.6. The van der Waals surface area contributed by atoms with Crippen LogP contribution in [0, 0.1) is 6.92 Å². The highest BCUT2D eigenvalue weighted by Gasteiger charge is 2.33. The van der Waals surface area contributed by atoms with Crippen LogP contribution < -0.4 is 17.0 Å². The fourth-order valence-electron chi connectivity index (χ4n) is 4.93. The maximum Gasteiger partial charge on any atom is 0.302 e. The number of benzene rings is 1. The molecule has 1 fully saturated rings. The van der Waals surface area contributed by atoms with Gasteiger partial charge in [-0.1, -0.05) is 74.9 Å². The van der Waals surface area contributed by atoms with Crippen molar-refractivity contribution < 1.29 is 35.8 Å². The Kier molecular flexibility index (Phi) is 16.7. The summed E-state index contributed by atoms with van der Waals surface area (Å²) in [5.41, 5.74) is 2.72. The number of esters is 1. The molecule has 0 unspecified atom stereocenters. The number of hydrogen-bond donors (Lipinski definition) is 0. The zero-order chi connectivity index (χ0) is 25.4. The van der Waals surface area contributed by atoms with E-state index in [1.165, 1.54) is 50.3 Å². The molecule has 0 aromatic heterocycles. The number of ether oxygens (including phenoxy) is 1. The minimum Gasteiger partial charge on any atom is -1.00 e. The first-order valence-electron chi connectivity index (χ1n) is 13.9. The number of aryl methyl sites for hydroxylation is 1. The predicted molar refractivity (Wildman–Crippen MR) is 144 cm³/mol. The third-order valence-electron chi connectivity index (χ3n) is 7.21. The Morgan fingerprint density at radius 3 is 2.25 bits per heavy atom. The summed E-state index contributed by atoms with van der Waals surface area (Å²) in [6.07, 6.45) is 15.4. The molecule has 1 aliphatic heterocycles. The van der Waals surface area contributed by atoms with E-state index in [2.05, 4.69) is 44.2 Å². The van der Waals surface area contributed by atoms with Crippen molar-refractivity contribution >= 4 is 11.9 Å². The van der Waals surface area contributed by atoms with Gasteiger partial charge >= 0.3 is 5.97 Å². The maximum atomic E-state index is 12.8. The van der Waals surface area contributed by atoms with E-state index in [-0.39, 0.29) is 28.9 Å². The summed E-state index contributed by atoms with van der Waals surface area (Å²) in [6.45, 7) is 12.5. The van der Waals surface area contributed by atoms with Gasteiger partial charge in [0, 0.05) is 12.5 Å². The topological polar surface area (TPSA) is 46.6 Å². The van der Waals surface area contributed by atoms with Crippen LogP contribution in [0.2, 0.25) is 0 Å². The summed E-state index contributed by atoms with van der Waals surface area (Å²) in [5.74, 6) is -0.0260. The molecule has 1 amide bonds. The average molecular weight is 566 g/mol. The van der Waals surface area contributed by atoms with Crippen molar-refractivity contribution in [3.05, 3.63) is 47.5 Å². The van der Waals surface area contributed by atoms with Crippen molar-refractivity contribution in [2.45, 2.75) is 91.5 Å². The Morgan fingerprint density at radius 1 is 0.944 bits per heavy atom. The van der Waals surface area contributed by atoms with E-state index < -0.39 is 0 Å². The molecule has 1 heterocycles. The van der Waals surface area contributed by atoms with E-state index in [1.807, 2.05) is 4.90 Å². The van der Waals surface area contributed by atoms with E-state index >= 15 is 0 Å². The normalized spacial score (nSPS) is 15.0. The Bertz CT molecular complexity index is 771. The fourth-order valence-corrected chi connectivity index (χ4v) is 4.93. The molecule has 1 aromatic rings. The van der Waals surface area contributed by atoms with Gasteiger partial charge in [-0.25, -0.2) is 0 Å². The number of hydrogen-bond acceptors (Lipinski definition) is 3. The van der Waals surface area contributed by atoms with E-state index in [0.29, 0.717) is 6.61 Å². The Hall–Kier alpha value is -1.66. The third kappa shape index (κ3) is 13.0. The molecule has 0 radical (unpaired) electrons. The van der Waals surface area contributed by atoms with Crippen LogP contribution in [0.5, 0.6) is 0 Å². The van der Waals surface area contributed by atoms with Crippen LogP contribution in [0.4, 0.5) is 0 Å². The second-order valence-electron chi connectivity index (χ2n) is 10.3. The van der Waals surface area contributed by atoms with Crippen molar-refractivity contribution in [2.24, 2.45) is 0 Å². The molecule has 1 aromatic carbocycles. The van der Waals surface area contributed by atoms with Gasteiger partial charge in [0.25, 0.3) is 0 Å². The first kappa shape index (κ1) is 32.4. The number of allylic oxidation sites excluding steroid dienone is 1. The smallest absolute Gasteiger partial charge is 0.302 e. The van der Waals surface area contributed by atoms with Crippen LogP contribution in [-0.2, 0) is 20.9 Å². The quantitative estimate of drug-likeness (QED) is 0.134. The van der Waals surface area contributed by atoms with E-state index in [9.17, 15) is 9.59 Å². The van der Waals surface area contributed by atoms with Crippen LogP contribution in [0.25, 0.3) is 0 Å². The number of carbonyl (C=O) groups is 2. The minimum absolute atomic E-state index is 0. The molecule has 0 bridgehead atoms. The number of amides is 1. The van der Waals surface area contributed by atoms with Crippen LogP contribution in [0.3, 0.4) is 0 Å². The molecule has 6 heteroatoms. The number of rotatable bonds is 16. The zero-order valence-electron chi connectivity index (χ0n) is 23.0. The summed E-state index contributed by atoms with van der Waals surface area (Å²) in [7, 11) is 0. The van der Waals surface area contributed by atoms with Gasteiger partial charge < -0.3 is 31.1 Å². The highest BCUT2D eigenvalue weighted by molar-refractivity contribution is 5.87. The largest absolute Gasteiger partial charge is 1.00 e. The van der Waals surface area contributed by atoms with Crippen LogP contribution in [-0.4, -0.2) is 60.6 Å². The summed E-state index contributed by atoms with van der Waals surface area (Å²) < 4.78 is 6.06. The Morgan fingerprint density at radius 2 is 1.58 bits per heavy atom. The van der Waals surface area contributed by atoms with Crippen molar-refractivity contribution in [1.82, 2.24) is 4.90 Å². The SMILES string of the molecule is CCCCCC[N+]1(Cc2ccc(C)cc2)CCN(C(=O)/C=C/CCCCCCCOC(C)=O)CC1.[Br-]. The lowest BCUT2D eigenvalue weighted by atomic mass is 10.1. The molecule has 0 N–H and O–H groups in total. The molecule has 0 aliphatic carbocycles. The lowest BCUT2D eigenvalue weighted by Crippen LogP contribution is -3.00. The number of carbonyl (C=O) groups excluding carboxylic acids is 2. The van der Waals surface area contributed by atoms with Gasteiger partial charge in [-0.2, -0.15) is 0 Å². The van der Waals surface area contributed by atoms with Crippen molar-refractivity contribution in [2.75, 3.05) is 39.3 Å². The number of unbranched alkanes of at least 4 members (excludes halogenated alkanes) is 8. The van der Waals surface area contributed by atoms with Gasteiger partial charge in [-0.05, 0) is 45.1 Å². The molecule has 2 rings (SSSR count). The van der Waals surface area contributed by atoms with E-state index in [4.69, 9.17) is 4.74 Å².